The smallest absolute Gasteiger partial charge is 0.252 e. The Labute approximate surface area is 134 Å². The molecule has 2 aromatic rings. The monoisotopic (exact) mass is 315 g/mol. The van der Waals surface area contributed by atoms with Gasteiger partial charge in [0.25, 0.3) is 5.91 Å². The van der Waals surface area contributed by atoms with Crippen LogP contribution < -0.4 is 5.32 Å². The molecule has 3 N–H and O–H groups in total. The third kappa shape index (κ3) is 3.22. The molecule has 6 nitrogen and oxygen atoms in total. The van der Waals surface area contributed by atoms with Gasteiger partial charge in [-0.2, -0.15) is 5.10 Å². The summed E-state index contributed by atoms with van der Waals surface area (Å²) in [7, 11) is 1.84. The Morgan fingerprint density at radius 3 is 2.74 bits per heavy atom. The molecule has 122 valence electrons. The van der Waals surface area contributed by atoms with Crippen molar-refractivity contribution in [3.8, 4) is 5.75 Å². The summed E-state index contributed by atoms with van der Waals surface area (Å²) in [5.41, 5.74) is 2.20. The van der Waals surface area contributed by atoms with Gasteiger partial charge in [0, 0.05) is 24.4 Å². The first-order valence-corrected chi connectivity index (χ1v) is 7.71. The number of amides is 1. The van der Waals surface area contributed by atoms with Gasteiger partial charge in [-0.25, -0.2) is 0 Å². The highest BCUT2D eigenvalue weighted by atomic mass is 16.3. The van der Waals surface area contributed by atoms with E-state index in [1.165, 1.54) is 6.07 Å². The Morgan fingerprint density at radius 2 is 2.17 bits per heavy atom. The van der Waals surface area contributed by atoms with Crippen molar-refractivity contribution in [2.24, 2.45) is 13.0 Å². The number of hydrogen-bond donors (Lipinski definition) is 3. The molecule has 1 aromatic carbocycles. The van der Waals surface area contributed by atoms with Crippen LogP contribution in [0, 0.1) is 12.8 Å². The summed E-state index contributed by atoms with van der Waals surface area (Å²) in [4.78, 5) is 12.6. The summed E-state index contributed by atoms with van der Waals surface area (Å²) in [5.74, 6) is 0.165. The van der Waals surface area contributed by atoms with Gasteiger partial charge in [0.2, 0.25) is 0 Å². The fourth-order valence-electron chi connectivity index (χ4n) is 3.10. The lowest BCUT2D eigenvalue weighted by atomic mass is 9.75. The number of aromatic hydroxyl groups is 1. The molecule has 23 heavy (non-hydrogen) atoms. The Kier molecular flexibility index (Phi) is 4.09. The van der Waals surface area contributed by atoms with Crippen LogP contribution in [0.3, 0.4) is 0 Å². The molecule has 1 aliphatic carbocycles. The predicted octanol–water partition coefficient (Wildman–Crippen LogP) is 1.68. The summed E-state index contributed by atoms with van der Waals surface area (Å²) < 4.78 is 1.70. The predicted molar refractivity (Wildman–Crippen MR) is 85.0 cm³/mol. The number of nitrogens with zero attached hydrogens (tertiary/aromatic N) is 2. The van der Waals surface area contributed by atoms with E-state index in [2.05, 4.69) is 10.4 Å². The van der Waals surface area contributed by atoms with Gasteiger partial charge in [0.05, 0.1) is 18.3 Å². The lowest BCUT2D eigenvalue weighted by molar-refractivity contribution is 0.0235. The fourth-order valence-corrected chi connectivity index (χ4v) is 3.10. The lowest BCUT2D eigenvalue weighted by Crippen LogP contribution is -2.41. The van der Waals surface area contributed by atoms with Crippen molar-refractivity contribution in [3.05, 3.63) is 47.3 Å². The molecule has 1 fully saturated rings. The summed E-state index contributed by atoms with van der Waals surface area (Å²) in [5, 5.41) is 26.3. The molecule has 6 heteroatoms. The fraction of sp³-hybridized carbons (Fsp3) is 0.412. The summed E-state index contributed by atoms with van der Waals surface area (Å²) in [6.45, 7) is 1.79. The van der Waals surface area contributed by atoms with E-state index in [4.69, 9.17) is 0 Å². The van der Waals surface area contributed by atoms with Crippen LogP contribution in [-0.2, 0) is 7.05 Å². The maximum atomic E-state index is 12.6. The number of carbonyl (C=O) groups is 1. The minimum Gasteiger partial charge on any atom is -0.508 e. The molecule has 0 spiro atoms. The van der Waals surface area contributed by atoms with E-state index in [1.807, 2.05) is 13.2 Å². The second-order valence-corrected chi connectivity index (χ2v) is 6.28. The summed E-state index contributed by atoms with van der Waals surface area (Å²) in [6.07, 6.45) is 4.70. The first-order valence-electron chi connectivity index (χ1n) is 7.71. The molecule has 0 bridgehead atoms. The quantitative estimate of drug-likeness (QED) is 0.801. The number of aryl methyl sites for hydroxylation is 2. The van der Waals surface area contributed by atoms with Crippen molar-refractivity contribution in [3.63, 3.8) is 0 Å². The van der Waals surface area contributed by atoms with E-state index in [-0.39, 0.29) is 29.7 Å². The molecular formula is C17H21N3O3. The van der Waals surface area contributed by atoms with E-state index >= 15 is 0 Å². The van der Waals surface area contributed by atoms with E-state index < -0.39 is 0 Å². The average Bonchev–Trinajstić information content (AvgIpc) is 2.88. The molecule has 0 aliphatic heterocycles. The molecule has 0 unspecified atom stereocenters. The second kappa shape index (κ2) is 6.04. The Morgan fingerprint density at radius 1 is 1.43 bits per heavy atom. The SMILES string of the molecule is Cc1cc(O)ccc1C(=O)N[C@@H](c1cnn(C)c1)C1CC(O)C1. The largest absolute Gasteiger partial charge is 0.508 e. The lowest BCUT2D eigenvalue weighted by Gasteiger charge is -2.37. The first kappa shape index (κ1) is 15.6. The number of rotatable bonds is 4. The van der Waals surface area contributed by atoms with Crippen LogP contribution in [0.1, 0.15) is 40.4 Å². The van der Waals surface area contributed by atoms with Crippen LogP contribution in [0.25, 0.3) is 0 Å². The molecule has 0 saturated heterocycles. The van der Waals surface area contributed by atoms with Crippen molar-refractivity contribution >= 4 is 5.91 Å². The number of benzene rings is 1. The van der Waals surface area contributed by atoms with Gasteiger partial charge in [0.1, 0.15) is 5.75 Å². The van der Waals surface area contributed by atoms with E-state index in [1.54, 1.807) is 29.9 Å². The minimum absolute atomic E-state index is 0.143. The number of aliphatic hydroxyl groups is 1. The van der Waals surface area contributed by atoms with E-state index in [0.717, 1.165) is 11.1 Å². The molecule has 1 amide bonds. The molecule has 1 saturated carbocycles. The Bertz CT molecular complexity index is 720. The van der Waals surface area contributed by atoms with Crippen LogP contribution in [0.5, 0.6) is 5.75 Å². The number of nitrogens with one attached hydrogen (secondary N) is 1. The number of aliphatic hydroxyl groups excluding tert-OH is 1. The van der Waals surface area contributed by atoms with Crippen LogP contribution in [0.4, 0.5) is 0 Å². The third-order valence-corrected chi connectivity index (χ3v) is 4.45. The number of hydrogen-bond acceptors (Lipinski definition) is 4. The number of phenols is 1. The Hall–Kier alpha value is -2.34. The highest BCUT2D eigenvalue weighted by molar-refractivity contribution is 5.96. The molecule has 1 aliphatic rings. The van der Waals surface area contributed by atoms with Gasteiger partial charge in [-0.3, -0.25) is 9.48 Å². The molecule has 3 rings (SSSR count). The topological polar surface area (TPSA) is 87.4 Å². The molecular weight excluding hydrogens is 294 g/mol. The van der Waals surface area contributed by atoms with Gasteiger partial charge in [-0.1, -0.05) is 0 Å². The maximum Gasteiger partial charge on any atom is 0.252 e. The highest BCUT2D eigenvalue weighted by Crippen LogP contribution is 2.38. The van der Waals surface area contributed by atoms with Crippen LogP contribution in [0.2, 0.25) is 0 Å². The van der Waals surface area contributed by atoms with Crippen LogP contribution in [-0.4, -0.2) is 32.0 Å². The standard InChI is InChI=1S/C17H21N3O3/c1-10-5-13(21)3-4-15(10)17(23)19-16(11-6-14(22)7-11)12-8-18-20(2)9-12/h3-5,8-9,11,14,16,21-22H,6-7H2,1-2H3,(H,19,23)/t11?,14?,16-/m1/s1. The van der Waals surface area contributed by atoms with Crippen LogP contribution in [0.15, 0.2) is 30.6 Å². The molecule has 1 atom stereocenters. The van der Waals surface area contributed by atoms with Gasteiger partial charge in [-0.05, 0) is 49.4 Å². The number of carbonyl (C=O) groups excluding carboxylic acids is 1. The normalized spacial score (nSPS) is 21.5. The summed E-state index contributed by atoms with van der Waals surface area (Å²) in [6, 6.07) is 4.53. The van der Waals surface area contributed by atoms with Gasteiger partial charge < -0.3 is 15.5 Å². The average molecular weight is 315 g/mol. The third-order valence-electron chi connectivity index (χ3n) is 4.45. The Balaban J connectivity index is 1.81. The zero-order valence-corrected chi connectivity index (χ0v) is 13.2. The van der Waals surface area contributed by atoms with Gasteiger partial charge in [0.15, 0.2) is 0 Å². The van der Waals surface area contributed by atoms with Crippen molar-refractivity contribution < 1.29 is 15.0 Å². The molecule has 1 aromatic heterocycles. The van der Waals surface area contributed by atoms with Gasteiger partial charge >= 0.3 is 0 Å². The molecule has 0 radical (unpaired) electrons. The summed E-state index contributed by atoms with van der Waals surface area (Å²) >= 11 is 0. The van der Waals surface area contributed by atoms with Gasteiger partial charge in [-0.15, -0.1) is 0 Å². The first-order chi connectivity index (χ1) is 10.9. The zero-order chi connectivity index (χ0) is 16.6. The van der Waals surface area contributed by atoms with Crippen molar-refractivity contribution in [2.45, 2.75) is 31.9 Å². The van der Waals surface area contributed by atoms with Crippen molar-refractivity contribution in [2.75, 3.05) is 0 Å². The minimum atomic E-state index is -0.286. The van der Waals surface area contributed by atoms with Crippen molar-refractivity contribution in [1.82, 2.24) is 15.1 Å². The van der Waals surface area contributed by atoms with E-state index in [9.17, 15) is 15.0 Å². The molecule has 1 heterocycles. The number of phenolic OH excluding ortho intramolecular Hbond substituents is 1. The van der Waals surface area contributed by atoms with E-state index in [0.29, 0.717) is 18.4 Å². The van der Waals surface area contributed by atoms with Crippen LogP contribution >= 0.6 is 0 Å². The maximum absolute atomic E-state index is 12.6. The second-order valence-electron chi connectivity index (χ2n) is 6.28. The van der Waals surface area contributed by atoms with Crippen molar-refractivity contribution in [1.29, 1.82) is 0 Å². The highest BCUT2D eigenvalue weighted by Gasteiger charge is 2.36. The number of aromatic nitrogens is 2. The zero-order valence-electron chi connectivity index (χ0n) is 13.2.